The molecule has 2 aromatic heterocycles. The molecular formula is C19H15F2N3O3S. The van der Waals surface area contributed by atoms with Crippen molar-refractivity contribution in [2.24, 2.45) is 0 Å². The molecule has 0 atom stereocenters. The summed E-state index contributed by atoms with van der Waals surface area (Å²) in [5.41, 5.74) is -0.779. The first-order valence-corrected chi connectivity index (χ1v) is 9.67. The molecule has 1 aliphatic heterocycles. The van der Waals surface area contributed by atoms with Crippen LogP contribution in [-0.4, -0.2) is 20.6 Å². The van der Waals surface area contributed by atoms with E-state index < -0.39 is 28.6 Å². The Bertz CT molecular complexity index is 1210. The molecule has 1 aromatic carbocycles. The lowest BCUT2D eigenvalue weighted by atomic mass is 10.1. The van der Waals surface area contributed by atoms with E-state index in [1.165, 1.54) is 22.1 Å². The van der Waals surface area contributed by atoms with Crippen molar-refractivity contribution in [3.63, 3.8) is 0 Å². The van der Waals surface area contributed by atoms with Crippen LogP contribution >= 0.6 is 11.3 Å². The molecule has 1 fully saturated rings. The number of thiazole rings is 1. The Kier molecular flexibility index (Phi) is 3.61. The van der Waals surface area contributed by atoms with E-state index in [0.29, 0.717) is 13.1 Å². The van der Waals surface area contributed by atoms with Gasteiger partial charge in [-0.1, -0.05) is 0 Å². The predicted octanol–water partition coefficient (Wildman–Crippen LogP) is 3.60. The number of hydrogen-bond acceptors (Lipinski definition) is 5. The molecule has 3 aromatic rings. The Hall–Kier alpha value is -2.81. The van der Waals surface area contributed by atoms with Crippen LogP contribution in [0.1, 0.15) is 44.8 Å². The van der Waals surface area contributed by atoms with E-state index in [1.807, 2.05) is 6.92 Å². The average molecular weight is 403 g/mol. The zero-order valence-electron chi connectivity index (χ0n) is 14.8. The van der Waals surface area contributed by atoms with Gasteiger partial charge in [0.15, 0.2) is 5.82 Å². The van der Waals surface area contributed by atoms with E-state index in [1.54, 1.807) is 4.90 Å². The summed E-state index contributed by atoms with van der Waals surface area (Å²) >= 11 is 1.50. The van der Waals surface area contributed by atoms with E-state index in [0.717, 1.165) is 34.5 Å². The minimum Gasteiger partial charge on any atom is -0.477 e. The van der Waals surface area contributed by atoms with Crippen LogP contribution in [0, 0.1) is 18.6 Å². The van der Waals surface area contributed by atoms with Crippen LogP contribution in [0.4, 0.5) is 14.5 Å². The molecule has 0 saturated heterocycles. The largest absolute Gasteiger partial charge is 0.477 e. The molecule has 1 aliphatic carbocycles. The smallest absolute Gasteiger partial charge is 0.341 e. The van der Waals surface area contributed by atoms with Crippen LogP contribution in [-0.2, 0) is 13.1 Å². The van der Waals surface area contributed by atoms with Crippen molar-refractivity contribution in [3.05, 3.63) is 55.3 Å². The number of aromatic carboxylic acids is 1. The Balaban J connectivity index is 1.73. The van der Waals surface area contributed by atoms with Gasteiger partial charge in [-0.15, -0.1) is 11.3 Å². The summed E-state index contributed by atoms with van der Waals surface area (Å²) in [4.78, 5) is 30.9. The molecule has 9 heteroatoms. The number of fused-ring (bicyclic) bond motifs is 2. The van der Waals surface area contributed by atoms with Gasteiger partial charge in [0.2, 0.25) is 5.43 Å². The molecule has 28 heavy (non-hydrogen) atoms. The third-order valence-electron chi connectivity index (χ3n) is 5.23. The van der Waals surface area contributed by atoms with Crippen LogP contribution in [0.25, 0.3) is 10.9 Å². The number of rotatable bonds is 3. The minimum absolute atomic E-state index is 0.0340. The van der Waals surface area contributed by atoms with Gasteiger partial charge in [0.25, 0.3) is 0 Å². The van der Waals surface area contributed by atoms with Gasteiger partial charge in [-0.3, -0.25) is 4.79 Å². The summed E-state index contributed by atoms with van der Waals surface area (Å²) in [5, 5.41) is 9.97. The third kappa shape index (κ3) is 2.46. The van der Waals surface area contributed by atoms with E-state index >= 15 is 4.39 Å². The maximum Gasteiger partial charge on any atom is 0.341 e. The standard InChI is InChI=1S/C19H15F2N3O3S/c1-8-22-13-6-23(7-14(13)28-8)17-12(20)4-10-16(15(17)21)24(9-2-3-9)5-11(18(10)25)19(26)27/h4-5,9H,2-3,6-7H2,1H3,(H,26,27). The van der Waals surface area contributed by atoms with Gasteiger partial charge in [-0.25, -0.2) is 18.6 Å². The van der Waals surface area contributed by atoms with Crippen molar-refractivity contribution in [2.75, 3.05) is 4.90 Å². The highest BCUT2D eigenvalue weighted by Gasteiger charge is 2.33. The Morgan fingerprint density at radius 2 is 2.07 bits per heavy atom. The van der Waals surface area contributed by atoms with Crippen molar-refractivity contribution in [2.45, 2.75) is 38.9 Å². The van der Waals surface area contributed by atoms with Gasteiger partial charge in [0, 0.05) is 17.1 Å². The molecule has 0 amide bonds. The first kappa shape index (κ1) is 17.3. The van der Waals surface area contributed by atoms with Crippen LogP contribution in [0.15, 0.2) is 17.1 Å². The first-order chi connectivity index (χ1) is 13.3. The molecule has 1 N–H and O–H groups in total. The van der Waals surface area contributed by atoms with Gasteiger partial charge in [-0.2, -0.15) is 0 Å². The molecule has 3 heterocycles. The maximum absolute atomic E-state index is 15.5. The van der Waals surface area contributed by atoms with E-state index in [9.17, 15) is 19.1 Å². The Morgan fingerprint density at radius 3 is 2.71 bits per heavy atom. The van der Waals surface area contributed by atoms with Crippen molar-refractivity contribution in [1.29, 1.82) is 0 Å². The van der Waals surface area contributed by atoms with Gasteiger partial charge in [0.1, 0.15) is 17.1 Å². The summed E-state index contributed by atoms with van der Waals surface area (Å²) in [6.07, 6.45) is 2.70. The van der Waals surface area contributed by atoms with Crippen molar-refractivity contribution in [3.8, 4) is 0 Å². The lowest BCUT2D eigenvalue weighted by Gasteiger charge is -2.22. The highest BCUT2D eigenvalue weighted by atomic mass is 32.1. The normalized spacial score (nSPS) is 16.0. The van der Waals surface area contributed by atoms with Crippen LogP contribution in [0.2, 0.25) is 0 Å². The fourth-order valence-electron chi connectivity index (χ4n) is 3.84. The molecule has 6 nitrogen and oxygen atoms in total. The molecule has 0 radical (unpaired) electrons. The number of hydrogen-bond donors (Lipinski definition) is 1. The number of benzene rings is 1. The maximum atomic E-state index is 15.5. The molecular weight excluding hydrogens is 388 g/mol. The number of halogens is 2. The molecule has 0 unspecified atom stereocenters. The summed E-state index contributed by atoms with van der Waals surface area (Å²) in [5.74, 6) is -3.11. The van der Waals surface area contributed by atoms with Gasteiger partial charge < -0.3 is 14.6 Å². The fourth-order valence-corrected chi connectivity index (χ4v) is 4.80. The van der Waals surface area contributed by atoms with Crippen LogP contribution < -0.4 is 10.3 Å². The molecule has 144 valence electrons. The summed E-state index contributed by atoms with van der Waals surface area (Å²) in [6, 6.07) is 0.880. The van der Waals surface area contributed by atoms with Crippen LogP contribution in [0.5, 0.6) is 0 Å². The topological polar surface area (TPSA) is 75.4 Å². The van der Waals surface area contributed by atoms with E-state index in [2.05, 4.69) is 4.98 Å². The summed E-state index contributed by atoms with van der Waals surface area (Å²) in [6.45, 7) is 2.53. The van der Waals surface area contributed by atoms with Crippen LogP contribution in [0.3, 0.4) is 0 Å². The number of carboxylic acids is 1. The fraction of sp³-hybridized carbons (Fsp3) is 0.316. The zero-order chi connectivity index (χ0) is 19.7. The lowest BCUT2D eigenvalue weighted by Crippen LogP contribution is -2.23. The number of pyridine rings is 1. The number of carbonyl (C=O) groups is 1. The summed E-state index contributed by atoms with van der Waals surface area (Å²) in [7, 11) is 0. The first-order valence-electron chi connectivity index (χ1n) is 8.85. The number of aromatic nitrogens is 2. The molecule has 5 rings (SSSR count). The molecule has 0 spiro atoms. The summed E-state index contributed by atoms with van der Waals surface area (Å²) < 4.78 is 31.9. The Morgan fingerprint density at radius 1 is 1.32 bits per heavy atom. The quantitative estimate of drug-likeness (QED) is 0.723. The van der Waals surface area contributed by atoms with Gasteiger partial charge >= 0.3 is 5.97 Å². The monoisotopic (exact) mass is 403 g/mol. The average Bonchev–Trinajstić information content (AvgIpc) is 3.30. The number of aryl methyl sites for hydroxylation is 1. The highest BCUT2D eigenvalue weighted by molar-refractivity contribution is 7.11. The number of nitrogens with zero attached hydrogens (tertiary/aromatic N) is 3. The third-order valence-corrected chi connectivity index (χ3v) is 6.23. The lowest BCUT2D eigenvalue weighted by molar-refractivity contribution is 0.0695. The SMILES string of the molecule is Cc1nc2c(s1)CN(c1c(F)cc3c(=O)c(C(=O)O)cn(C4CC4)c3c1F)C2. The van der Waals surface area contributed by atoms with Gasteiger partial charge in [0.05, 0.1) is 34.7 Å². The van der Waals surface area contributed by atoms with E-state index in [-0.39, 0.29) is 22.6 Å². The minimum atomic E-state index is -1.41. The predicted molar refractivity (Wildman–Crippen MR) is 100 cm³/mol. The number of anilines is 1. The molecule has 0 bridgehead atoms. The highest BCUT2D eigenvalue weighted by Crippen LogP contribution is 2.41. The molecule has 1 saturated carbocycles. The second-order valence-electron chi connectivity index (χ2n) is 7.19. The van der Waals surface area contributed by atoms with Crippen molar-refractivity contribution in [1.82, 2.24) is 9.55 Å². The second kappa shape index (κ2) is 5.84. The number of carboxylic acid groups (broad SMARTS) is 1. The molecule has 2 aliphatic rings. The van der Waals surface area contributed by atoms with Gasteiger partial charge in [-0.05, 0) is 25.8 Å². The second-order valence-corrected chi connectivity index (χ2v) is 8.48. The van der Waals surface area contributed by atoms with Crippen molar-refractivity contribution < 1.29 is 18.7 Å². The Labute approximate surface area is 161 Å². The van der Waals surface area contributed by atoms with Crippen molar-refractivity contribution >= 4 is 33.9 Å². The van der Waals surface area contributed by atoms with E-state index in [4.69, 9.17) is 0 Å². The zero-order valence-corrected chi connectivity index (χ0v) is 15.6.